The molecule has 1 aromatic rings. The molecule has 19 heavy (non-hydrogen) atoms. The van der Waals surface area contributed by atoms with Gasteiger partial charge in [-0.05, 0) is 56.6 Å². The molecule has 1 heterocycles. The average molecular weight is 280 g/mol. The molecule has 1 aromatic carbocycles. The Kier molecular flexibility index (Phi) is 5.55. The van der Waals surface area contributed by atoms with Gasteiger partial charge in [0.05, 0.1) is 0 Å². The fourth-order valence-corrected chi connectivity index (χ4v) is 3.19. The maximum atomic E-state index is 11.3. The normalized spacial score (nSPS) is 18.7. The predicted molar refractivity (Wildman–Crippen MR) is 80.7 cm³/mol. The summed E-state index contributed by atoms with van der Waals surface area (Å²) in [5, 5.41) is 3.41. The minimum Gasteiger partial charge on any atom is -0.317 e. The van der Waals surface area contributed by atoms with E-state index in [1.165, 1.54) is 24.9 Å². The molecule has 1 saturated heterocycles. The number of piperidine rings is 1. The summed E-state index contributed by atoms with van der Waals surface area (Å²) in [6.45, 7) is 4.47. The second kappa shape index (κ2) is 7.17. The monoisotopic (exact) mass is 280 g/mol. The van der Waals surface area contributed by atoms with Gasteiger partial charge in [0, 0.05) is 35.0 Å². The fourth-order valence-electron chi connectivity index (χ4n) is 2.67. The van der Waals surface area contributed by atoms with Crippen LogP contribution in [0.4, 0.5) is 0 Å². The first-order valence-electron chi connectivity index (χ1n) is 6.97. The van der Waals surface area contributed by atoms with Gasteiger partial charge in [0.2, 0.25) is 0 Å². The van der Waals surface area contributed by atoms with Gasteiger partial charge < -0.3 is 10.2 Å². The molecular weight excluding hydrogens is 256 g/mol. The van der Waals surface area contributed by atoms with Crippen molar-refractivity contribution in [3.8, 4) is 0 Å². The van der Waals surface area contributed by atoms with E-state index in [1.54, 1.807) is 6.26 Å². The number of nitrogens with zero attached hydrogens (tertiary/aromatic N) is 1. The Balaban J connectivity index is 1.83. The molecule has 2 rings (SSSR count). The molecule has 0 bridgehead atoms. The van der Waals surface area contributed by atoms with Crippen LogP contribution in [0.5, 0.6) is 0 Å². The second-order valence-corrected chi connectivity index (χ2v) is 6.87. The zero-order valence-electron chi connectivity index (χ0n) is 11.9. The van der Waals surface area contributed by atoms with Crippen LogP contribution in [0.1, 0.15) is 18.4 Å². The van der Waals surface area contributed by atoms with Crippen molar-refractivity contribution in [3.63, 3.8) is 0 Å². The van der Waals surface area contributed by atoms with E-state index in [-0.39, 0.29) is 0 Å². The van der Waals surface area contributed by atoms with Crippen LogP contribution in [0.25, 0.3) is 0 Å². The summed E-state index contributed by atoms with van der Waals surface area (Å²) < 4.78 is 11.3. The maximum Gasteiger partial charge on any atom is 0.0498 e. The highest BCUT2D eigenvalue weighted by Crippen LogP contribution is 2.15. The summed E-state index contributed by atoms with van der Waals surface area (Å²) in [6.07, 6.45) is 4.30. The van der Waals surface area contributed by atoms with E-state index >= 15 is 0 Å². The van der Waals surface area contributed by atoms with Crippen LogP contribution >= 0.6 is 0 Å². The van der Waals surface area contributed by atoms with Crippen molar-refractivity contribution in [2.75, 3.05) is 32.9 Å². The average Bonchev–Trinajstić information content (AvgIpc) is 2.40. The number of nitrogens with one attached hydrogen (secondary N) is 1. The van der Waals surface area contributed by atoms with E-state index in [4.69, 9.17) is 0 Å². The van der Waals surface area contributed by atoms with Gasteiger partial charge in [-0.3, -0.25) is 4.21 Å². The van der Waals surface area contributed by atoms with Crippen LogP contribution in [0.3, 0.4) is 0 Å². The Labute approximate surface area is 118 Å². The van der Waals surface area contributed by atoms with E-state index in [9.17, 15) is 4.21 Å². The third-order valence-electron chi connectivity index (χ3n) is 3.74. The highest BCUT2D eigenvalue weighted by molar-refractivity contribution is 7.84. The van der Waals surface area contributed by atoms with Gasteiger partial charge in [0.15, 0.2) is 0 Å². The molecule has 0 spiro atoms. The Morgan fingerprint density at radius 2 is 1.89 bits per heavy atom. The first kappa shape index (κ1) is 14.7. The van der Waals surface area contributed by atoms with E-state index in [1.807, 2.05) is 12.1 Å². The van der Waals surface area contributed by atoms with Crippen molar-refractivity contribution in [1.29, 1.82) is 0 Å². The Morgan fingerprint density at radius 3 is 2.47 bits per heavy atom. The number of hydrogen-bond donors (Lipinski definition) is 1. The van der Waals surface area contributed by atoms with Crippen LogP contribution < -0.4 is 5.32 Å². The molecule has 3 nitrogen and oxygen atoms in total. The first-order chi connectivity index (χ1) is 9.15. The minimum absolute atomic E-state index is 0.827. The molecule has 0 aliphatic carbocycles. The lowest BCUT2D eigenvalue weighted by molar-refractivity contribution is 0.234. The van der Waals surface area contributed by atoms with E-state index in [2.05, 4.69) is 29.4 Å². The molecule has 1 unspecified atom stereocenters. The number of benzene rings is 1. The molecule has 0 aromatic heterocycles. The predicted octanol–water partition coefficient (Wildman–Crippen LogP) is 1.86. The molecule has 0 saturated carbocycles. The molecule has 1 atom stereocenters. The van der Waals surface area contributed by atoms with Crippen molar-refractivity contribution in [1.82, 2.24) is 10.2 Å². The van der Waals surface area contributed by atoms with Crippen LogP contribution in [-0.2, 0) is 17.3 Å². The standard InChI is InChI=1S/C15H24N2OS/c1-17(12-14-7-9-16-10-8-14)11-13-3-5-15(6-4-13)19(2)18/h3-6,14,16H,7-12H2,1-2H3. The summed E-state index contributed by atoms with van der Waals surface area (Å²) in [4.78, 5) is 3.30. The van der Waals surface area contributed by atoms with Gasteiger partial charge in [-0.15, -0.1) is 0 Å². The van der Waals surface area contributed by atoms with Crippen LogP contribution in [0, 0.1) is 5.92 Å². The summed E-state index contributed by atoms with van der Waals surface area (Å²) in [5.74, 6) is 0.827. The van der Waals surface area contributed by atoms with E-state index in [0.717, 1.165) is 30.4 Å². The maximum absolute atomic E-state index is 11.3. The molecule has 0 radical (unpaired) electrons. The van der Waals surface area contributed by atoms with Gasteiger partial charge >= 0.3 is 0 Å². The number of hydrogen-bond acceptors (Lipinski definition) is 3. The Hall–Kier alpha value is -0.710. The zero-order valence-corrected chi connectivity index (χ0v) is 12.7. The molecular formula is C15H24N2OS. The summed E-state index contributed by atoms with van der Waals surface area (Å²) in [7, 11) is 1.31. The first-order valence-corrected chi connectivity index (χ1v) is 8.52. The highest BCUT2D eigenvalue weighted by Gasteiger charge is 2.15. The van der Waals surface area contributed by atoms with Crippen molar-refractivity contribution in [2.24, 2.45) is 5.92 Å². The van der Waals surface area contributed by atoms with Gasteiger partial charge in [-0.25, -0.2) is 0 Å². The molecule has 106 valence electrons. The lowest BCUT2D eigenvalue weighted by Gasteiger charge is -2.27. The second-order valence-electron chi connectivity index (χ2n) is 5.49. The summed E-state index contributed by atoms with van der Waals surface area (Å²) in [6, 6.07) is 8.14. The van der Waals surface area contributed by atoms with Gasteiger partial charge in [0.1, 0.15) is 0 Å². The number of rotatable bonds is 5. The van der Waals surface area contributed by atoms with E-state index in [0.29, 0.717) is 0 Å². The summed E-state index contributed by atoms with van der Waals surface area (Å²) >= 11 is 0. The summed E-state index contributed by atoms with van der Waals surface area (Å²) in [5.41, 5.74) is 1.30. The molecule has 1 aliphatic rings. The van der Waals surface area contributed by atoms with Gasteiger partial charge in [-0.2, -0.15) is 0 Å². The van der Waals surface area contributed by atoms with Crippen LogP contribution in [0.2, 0.25) is 0 Å². The lowest BCUT2D eigenvalue weighted by Crippen LogP contribution is -2.34. The quantitative estimate of drug-likeness (QED) is 0.893. The molecule has 4 heteroatoms. The largest absolute Gasteiger partial charge is 0.317 e. The highest BCUT2D eigenvalue weighted by atomic mass is 32.2. The van der Waals surface area contributed by atoms with E-state index < -0.39 is 10.8 Å². The van der Waals surface area contributed by atoms with Crippen LogP contribution in [0.15, 0.2) is 29.2 Å². The molecule has 0 amide bonds. The fraction of sp³-hybridized carbons (Fsp3) is 0.600. The zero-order chi connectivity index (χ0) is 13.7. The Morgan fingerprint density at radius 1 is 1.26 bits per heavy atom. The smallest absolute Gasteiger partial charge is 0.0498 e. The SMILES string of the molecule is CN(Cc1ccc(S(C)=O)cc1)CC1CCNCC1. The third kappa shape index (κ3) is 4.71. The lowest BCUT2D eigenvalue weighted by atomic mass is 9.97. The topological polar surface area (TPSA) is 32.3 Å². The van der Waals surface area contributed by atoms with Gasteiger partial charge in [0.25, 0.3) is 0 Å². The van der Waals surface area contributed by atoms with Crippen molar-refractivity contribution < 1.29 is 4.21 Å². The molecule has 1 aliphatic heterocycles. The van der Waals surface area contributed by atoms with Crippen molar-refractivity contribution in [2.45, 2.75) is 24.3 Å². The minimum atomic E-state index is -0.876. The molecule has 1 fully saturated rings. The molecule has 1 N–H and O–H groups in total. The Bertz CT molecular complexity index is 413. The van der Waals surface area contributed by atoms with Gasteiger partial charge in [-0.1, -0.05) is 12.1 Å². The van der Waals surface area contributed by atoms with Crippen molar-refractivity contribution >= 4 is 10.8 Å². The third-order valence-corrected chi connectivity index (χ3v) is 4.67. The van der Waals surface area contributed by atoms with Crippen LogP contribution in [-0.4, -0.2) is 42.0 Å². The van der Waals surface area contributed by atoms with Crippen molar-refractivity contribution in [3.05, 3.63) is 29.8 Å².